The molecule has 2 aliphatic rings. The number of hydrogen-bond donors (Lipinski definition) is 1. The molecule has 0 radical (unpaired) electrons. The number of likely N-dealkylation sites (N-methyl/N-ethyl adjacent to an activating group) is 1. The van der Waals surface area contributed by atoms with Crippen molar-refractivity contribution in [1.82, 2.24) is 9.80 Å². The van der Waals surface area contributed by atoms with Gasteiger partial charge in [-0.3, -0.25) is 9.80 Å². The van der Waals surface area contributed by atoms with E-state index in [9.17, 15) is 13.5 Å². The standard InChI is InChI=1S/C11H22N2O3S/c1-11(2)8-13(5-4-12(11)3)9-6-17(15,16)7-10(9)14/h9-10,14H,4-8H2,1-3H3. The Hall–Kier alpha value is -0.170. The first-order chi connectivity index (χ1) is 7.71. The van der Waals surface area contributed by atoms with Gasteiger partial charge in [-0.25, -0.2) is 8.42 Å². The number of sulfone groups is 1. The van der Waals surface area contributed by atoms with Crippen LogP contribution >= 0.6 is 0 Å². The summed E-state index contributed by atoms with van der Waals surface area (Å²) >= 11 is 0. The van der Waals surface area contributed by atoms with Crippen LogP contribution in [0.15, 0.2) is 0 Å². The highest BCUT2D eigenvalue weighted by molar-refractivity contribution is 7.91. The third-order valence-electron chi connectivity index (χ3n) is 4.11. The van der Waals surface area contributed by atoms with Gasteiger partial charge in [0.2, 0.25) is 0 Å². The van der Waals surface area contributed by atoms with Gasteiger partial charge in [0.05, 0.1) is 23.7 Å². The third kappa shape index (κ3) is 2.65. The Labute approximate surface area is 103 Å². The Balaban J connectivity index is 2.10. The zero-order valence-electron chi connectivity index (χ0n) is 10.8. The molecular weight excluding hydrogens is 240 g/mol. The normalized spacial score (nSPS) is 38.4. The molecule has 0 spiro atoms. The Morgan fingerprint density at radius 1 is 1.24 bits per heavy atom. The molecule has 2 heterocycles. The molecule has 0 aromatic carbocycles. The minimum Gasteiger partial charge on any atom is -0.390 e. The summed E-state index contributed by atoms with van der Waals surface area (Å²) in [6, 6.07) is -0.215. The van der Waals surface area contributed by atoms with Gasteiger partial charge in [0.15, 0.2) is 9.84 Å². The van der Waals surface area contributed by atoms with Gasteiger partial charge in [-0.2, -0.15) is 0 Å². The molecule has 2 atom stereocenters. The van der Waals surface area contributed by atoms with Gasteiger partial charge >= 0.3 is 0 Å². The minimum atomic E-state index is -3.05. The lowest BCUT2D eigenvalue weighted by molar-refractivity contribution is -0.00723. The summed E-state index contributed by atoms with van der Waals surface area (Å²) in [7, 11) is -0.968. The van der Waals surface area contributed by atoms with E-state index in [0.717, 1.165) is 19.6 Å². The van der Waals surface area contributed by atoms with E-state index in [1.54, 1.807) is 0 Å². The van der Waals surface area contributed by atoms with Gasteiger partial charge < -0.3 is 5.11 Å². The lowest BCUT2D eigenvalue weighted by atomic mass is 9.98. The maximum atomic E-state index is 11.5. The highest BCUT2D eigenvalue weighted by atomic mass is 32.2. The van der Waals surface area contributed by atoms with Crippen LogP contribution in [0.5, 0.6) is 0 Å². The van der Waals surface area contributed by atoms with E-state index in [-0.39, 0.29) is 23.1 Å². The van der Waals surface area contributed by atoms with Crippen molar-refractivity contribution in [3.8, 4) is 0 Å². The second kappa shape index (κ2) is 4.19. The molecule has 1 N–H and O–H groups in total. The average molecular weight is 262 g/mol. The van der Waals surface area contributed by atoms with Gasteiger partial charge in [-0.15, -0.1) is 0 Å². The van der Waals surface area contributed by atoms with Crippen LogP contribution in [0.1, 0.15) is 13.8 Å². The van der Waals surface area contributed by atoms with Crippen molar-refractivity contribution in [1.29, 1.82) is 0 Å². The molecule has 0 aromatic heterocycles. The van der Waals surface area contributed by atoms with Crippen LogP contribution in [-0.2, 0) is 9.84 Å². The van der Waals surface area contributed by atoms with Crippen molar-refractivity contribution in [3.63, 3.8) is 0 Å². The quantitative estimate of drug-likeness (QED) is 0.668. The zero-order valence-corrected chi connectivity index (χ0v) is 11.6. The van der Waals surface area contributed by atoms with Gasteiger partial charge in [-0.05, 0) is 20.9 Å². The minimum absolute atomic E-state index is 0.0321. The monoisotopic (exact) mass is 262 g/mol. The van der Waals surface area contributed by atoms with Gasteiger partial charge in [0, 0.05) is 25.2 Å². The fourth-order valence-electron chi connectivity index (χ4n) is 2.72. The predicted octanol–water partition coefficient (Wildman–Crippen LogP) is -0.830. The SMILES string of the molecule is CN1CCN(C2CS(=O)(=O)CC2O)CC1(C)C. The molecule has 0 aromatic rings. The van der Waals surface area contributed by atoms with Gasteiger partial charge in [-0.1, -0.05) is 0 Å². The van der Waals surface area contributed by atoms with E-state index in [0.29, 0.717) is 0 Å². The molecule has 5 nitrogen and oxygen atoms in total. The number of rotatable bonds is 1. The van der Waals surface area contributed by atoms with Crippen molar-refractivity contribution in [2.24, 2.45) is 0 Å². The first kappa shape index (κ1) is 13.3. The summed E-state index contributed by atoms with van der Waals surface area (Å²) < 4.78 is 23.0. The van der Waals surface area contributed by atoms with Crippen LogP contribution in [-0.4, -0.2) is 79.2 Å². The van der Waals surface area contributed by atoms with Gasteiger partial charge in [0.1, 0.15) is 0 Å². The first-order valence-corrected chi connectivity index (χ1v) is 7.87. The Morgan fingerprint density at radius 3 is 2.35 bits per heavy atom. The molecule has 2 rings (SSSR count). The molecule has 0 amide bonds. The molecule has 17 heavy (non-hydrogen) atoms. The predicted molar refractivity (Wildman–Crippen MR) is 66.7 cm³/mol. The molecule has 0 saturated carbocycles. The summed E-state index contributed by atoms with van der Waals surface area (Å²) in [6.45, 7) is 6.85. The number of aliphatic hydroxyl groups excluding tert-OH is 1. The largest absolute Gasteiger partial charge is 0.390 e. The van der Waals surface area contributed by atoms with Crippen molar-refractivity contribution in [2.75, 3.05) is 38.2 Å². The van der Waals surface area contributed by atoms with Gasteiger partial charge in [0.25, 0.3) is 0 Å². The molecule has 0 bridgehead atoms. The molecule has 2 aliphatic heterocycles. The summed E-state index contributed by atoms with van der Waals surface area (Å²) in [5.41, 5.74) is 0.0321. The summed E-state index contributed by atoms with van der Waals surface area (Å²) in [5, 5.41) is 9.88. The fourth-order valence-corrected chi connectivity index (χ4v) is 4.55. The van der Waals surface area contributed by atoms with E-state index in [2.05, 4.69) is 30.7 Å². The molecule has 2 saturated heterocycles. The molecule has 100 valence electrons. The lowest BCUT2D eigenvalue weighted by Gasteiger charge is -2.47. The smallest absolute Gasteiger partial charge is 0.154 e. The van der Waals surface area contributed by atoms with Crippen molar-refractivity contribution < 1.29 is 13.5 Å². The highest BCUT2D eigenvalue weighted by Gasteiger charge is 2.43. The fraction of sp³-hybridized carbons (Fsp3) is 1.00. The lowest BCUT2D eigenvalue weighted by Crippen LogP contribution is -2.61. The van der Waals surface area contributed by atoms with Crippen LogP contribution in [0.2, 0.25) is 0 Å². The van der Waals surface area contributed by atoms with Crippen LogP contribution in [0.25, 0.3) is 0 Å². The Bertz CT molecular complexity index is 394. The highest BCUT2D eigenvalue weighted by Crippen LogP contribution is 2.25. The summed E-state index contributed by atoms with van der Waals surface area (Å²) in [5.74, 6) is 0.0262. The Kier molecular flexibility index (Phi) is 3.27. The second-order valence-corrected chi connectivity index (χ2v) is 8.07. The van der Waals surface area contributed by atoms with E-state index in [1.807, 2.05) is 0 Å². The number of piperazine rings is 1. The number of aliphatic hydroxyl groups is 1. The molecule has 2 fully saturated rings. The van der Waals surface area contributed by atoms with Crippen LogP contribution in [0, 0.1) is 0 Å². The summed E-state index contributed by atoms with van der Waals surface area (Å²) in [4.78, 5) is 4.41. The number of nitrogens with zero attached hydrogens (tertiary/aromatic N) is 2. The second-order valence-electron chi connectivity index (χ2n) is 5.92. The first-order valence-electron chi connectivity index (χ1n) is 6.05. The van der Waals surface area contributed by atoms with Crippen LogP contribution < -0.4 is 0 Å². The van der Waals surface area contributed by atoms with Crippen molar-refractivity contribution in [3.05, 3.63) is 0 Å². The van der Waals surface area contributed by atoms with Crippen molar-refractivity contribution in [2.45, 2.75) is 31.5 Å². The average Bonchev–Trinajstić information content (AvgIpc) is 2.44. The number of hydrogen-bond acceptors (Lipinski definition) is 5. The Morgan fingerprint density at radius 2 is 1.88 bits per heavy atom. The molecule has 0 aliphatic carbocycles. The van der Waals surface area contributed by atoms with E-state index in [1.165, 1.54) is 0 Å². The van der Waals surface area contributed by atoms with E-state index < -0.39 is 15.9 Å². The molecular formula is C11H22N2O3S. The van der Waals surface area contributed by atoms with E-state index in [4.69, 9.17) is 0 Å². The van der Waals surface area contributed by atoms with E-state index >= 15 is 0 Å². The van der Waals surface area contributed by atoms with Crippen LogP contribution in [0.4, 0.5) is 0 Å². The van der Waals surface area contributed by atoms with Crippen LogP contribution in [0.3, 0.4) is 0 Å². The van der Waals surface area contributed by atoms with Crippen molar-refractivity contribution >= 4 is 9.84 Å². The third-order valence-corrected chi connectivity index (χ3v) is 5.81. The topological polar surface area (TPSA) is 60.9 Å². The zero-order chi connectivity index (χ0) is 12.8. The molecule has 6 heteroatoms. The summed E-state index contributed by atoms with van der Waals surface area (Å²) in [6.07, 6.45) is -0.723. The maximum Gasteiger partial charge on any atom is 0.154 e. The maximum absolute atomic E-state index is 11.5. The molecule has 2 unspecified atom stereocenters.